The SMILES string of the molecule is O=C(c1ccc(-c2cn(-c3ccc(F)cc3)nn2)cc1)c1ccccc1-c1ccc(F)cc1. The summed E-state index contributed by atoms with van der Waals surface area (Å²) in [4.78, 5) is 13.2. The fourth-order valence-electron chi connectivity index (χ4n) is 3.63. The van der Waals surface area contributed by atoms with E-state index in [1.165, 1.54) is 24.3 Å². The topological polar surface area (TPSA) is 47.8 Å². The molecular formula is C27H17F2N3O. The maximum atomic E-state index is 13.3. The van der Waals surface area contributed by atoms with Crippen molar-refractivity contribution in [2.45, 2.75) is 0 Å². The average Bonchev–Trinajstić information content (AvgIpc) is 3.35. The summed E-state index contributed by atoms with van der Waals surface area (Å²) in [5, 5.41) is 8.28. The molecular weight excluding hydrogens is 420 g/mol. The van der Waals surface area contributed by atoms with Crippen LogP contribution in [-0.2, 0) is 0 Å². The predicted octanol–water partition coefficient (Wildman–Crippen LogP) is 6.11. The molecule has 0 spiro atoms. The summed E-state index contributed by atoms with van der Waals surface area (Å²) in [5.74, 6) is -0.772. The van der Waals surface area contributed by atoms with Crippen LogP contribution >= 0.6 is 0 Å². The molecule has 4 nitrogen and oxygen atoms in total. The monoisotopic (exact) mass is 437 g/mol. The molecule has 0 aliphatic rings. The normalized spacial score (nSPS) is 10.8. The van der Waals surface area contributed by atoms with Gasteiger partial charge in [-0.25, -0.2) is 13.5 Å². The average molecular weight is 437 g/mol. The van der Waals surface area contributed by atoms with Gasteiger partial charge in [0.2, 0.25) is 0 Å². The van der Waals surface area contributed by atoms with E-state index in [-0.39, 0.29) is 17.4 Å². The number of hydrogen-bond donors (Lipinski definition) is 0. The number of benzene rings is 4. The number of carbonyl (C=O) groups is 1. The van der Waals surface area contributed by atoms with Crippen molar-refractivity contribution in [3.05, 3.63) is 126 Å². The fourth-order valence-corrected chi connectivity index (χ4v) is 3.63. The highest BCUT2D eigenvalue weighted by molar-refractivity contribution is 6.13. The molecule has 0 atom stereocenters. The second-order valence-electron chi connectivity index (χ2n) is 7.48. The van der Waals surface area contributed by atoms with Crippen LogP contribution in [-0.4, -0.2) is 20.8 Å². The van der Waals surface area contributed by atoms with Crippen molar-refractivity contribution < 1.29 is 13.6 Å². The van der Waals surface area contributed by atoms with Crippen LogP contribution in [0.1, 0.15) is 15.9 Å². The Hall–Kier alpha value is -4.45. The zero-order valence-corrected chi connectivity index (χ0v) is 17.3. The lowest BCUT2D eigenvalue weighted by atomic mass is 9.93. The molecule has 0 unspecified atom stereocenters. The first-order chi connectivity index (χ1) is 16.1. The van der Waals surface area contributed by atoms with Crippen LogP contribution in [0, 0.1) is 11.6 Å². The molecule has 0 aliphatic heterocycles. The van der Waals surface area contributed by atoms with Gasteiger partial charge in [0.1, 0.15) is 17.3 Å². The van der Waals surface area contributed by atoms with Crippen molar-refractivity contribution in [2.75, 3.05) is 0 Å². The van der Waals surface area contributed by atoms with E-state index >= 15 is 0 Å². The smallest absolute Gasteiger partial charge is 0.193 e. The molecule has 1 heterocycles. The molecule has 0 N–H and O–H groups in total. The van der Waals surface area contributed by atoms with Crippen molar-refractivity contribution >= 4 is 5.78 Å². The minimum Gasteiger partial charge on any atom is -0.289 e. The Morgan fingerprint density at radius 1 is 0.697 bits per heavy atom. The van der Waals surface area contributed by atoms with Crippen molar-refractivity contribution in [1.82, 2.24) is 15.0 Å². The Bertz CT molecular complexity index is 1420. The van der Waals surface area contributed by atoms with Gasteiger partial charge in [0.25, 0.3) is 0 Å². The quantitative estimate of drug-likeness (QED) is 0.312. The summed E-state index contributed by atoms with van der Waals surface area (Å²) >= 11 is 0. The first kappa shape index (κ1) is 20.5. The van der Waals surface area contributed by atoms with E-state index in [0.29, 0.717) is 22.5 Å². The van der Waals surface area contributed by atoms with Crippen molar-refractivity contribution in [1.29, 1.82) is 0 Å². The number of ketones is 1. The first-order valence-corrected chi connectivity index (χ1v) is 10.3. The molecule has 0 bridgehead atoms. The van der Waals surface area contributed by atoms with Gasteiger partial charge in [0.15, 0.2) is 5.78 Å². The molecule has 0 aliphatic carbocycles. The van der Waals surface area contributed by atoms with Gasteiger partial charge in [-0.15, -0.1) is 5.10 Å². The second kappa shape index (κ2) is 8.59. The van der Waals surface area contributed by atoms with E-state index in [1.54, 1.807) is 53.3 Å². The molecule has 33 heavy (non-hydrogen) atoms. The van der Waals surface area contributed by atoms with Crippen LogP contribution in [0.2, 0.25) is 0 Å². The van der Waals surface area contributed by atoms with Crippen LogP contribution in [0.25, 0.3) is 28.1 Å². The molecule has 1 aromatic heterocycles. The molecule has 160 valence electrons. The Balaban J connectivity index is 1.41. The number of carbonyl (C=O) groups excluding carboxylic acids is 1. The Labute approximate surface area is 188 Å². The molecule has 0 amide bonds. The van der Waals surface area contributed by atoms with Gasteiger partial charge in [0, 0.05) is 16.7 Å². The van der Waals surface area contributed by atoms with Gasteiger partial charge in [-0.3, -0.25) is 4.79 Å². The highest BCUT2D eigenvalue weighted by atomic mass is 19.1. The summed E-state index contributed by atoms with van der Waals surface area (Å²) in [6.45, 7) is 0. The lowest BCUT2D eigenvalue weighted by molar-refractivity contribution is 0.103. The lowest BCUT2D eigenvalue weighted by Crippen LogP contribution is -2.03. The molecule has 6 heteroatoms. The van der Waals surface area contributed by atoms with Crippen LogP contribution in [0.15, 0.2) is 103 Å². The molecule has 5 rings (SSSR count). The predicted molar refractivity (Wildman–Crippen MR) is 122 cm³/mol. The van der Waals surface area contributed by atoms with Gasteiger partial charge in [0.05, 0.1) is 11.9 Å². The summed E-state index contributed by atoms with van der Waals surface area (Å²) < 4.78 is 28.0. The van der Waals surface area contributed by atoms with Crippen molar-refractivity contribution in [3.8, 4) is 28.1 Å². The highest BCUT2D eigenvalue weighted by Crippen LogP contribution is 2.27. The summed E-state index contributed by atoms with van der Waals surface area (Å²) in [6, 6.07) is 26.4. The number of aromatic nitrogens is 3. The fraction of sp³-hybridized carbons (Fsp3) is 0. The molecule has 4 aromatic carbocycles. The van der Waals surface area contributed by atoms with Crippen LogP contribution in [0.5, 0.6) is 0 Å². The Morgan fingerprint density at radius 2 is 1.30 bits per heavy atom. The number of halogens is 2. The first-order valence-electron chi connectivity index (χ1n) is 10.3. The van der Waals surface area contributed by atoms with Gasteiger partial charge in [-0.1, -0.05) is 65.9 Å². The van der Waals surface area contributed by atoms with E-state index in [9.17, 15) is 13.6 Å². The molecule has 0 fully saturated rings. The Morgan fingerprint density at radius 3 is 2.00 bits per heavy atom. The zero-order valence-electron chi connectivity index (χ0n) is 17.3. The number of nitrogens with zero attached hydrogens (tertiary/aromatic N) is 3. The van der Waals surface area contributed by atoms with Crippen molar-refractivity contribution in [3.63, 3.8) is 0 Å². The largest absolute Gasteiger partial charge is 0.289 e. The number of hydrogen-bond acceptors (Lipinski definition) is 3. The second-order valence-corrected chi connectivity index (χ2v) is 7.48. The highest BCUT2D eigenvalue weighted by Gasteiger charge is 2.15. The maximum absolute atomic E-state index is 13.3. The molecule has 0 saturated carbocycles. The molecule has 0 saturated heterocycles. The van der Waals surface area contributed by atoms with Crippen LogP contribution in [0.4, 0.5) is 8.78 Å². The van der Waals surface area contributed by atoms with Gasteiger partial charge in [-0.05, 0) is 47.5 Å². The van der Waals surface area contributed by atoms with Gasteiger partial charge in [-0.2, -0.15) is 0 Å². The third kappa shape index (κ3) is 4.19. The van der Waals surface area contributed by atoms with E-state index in [4.69, 9.17) is 0 Å². The minimum atomic E-state index is -0.325. The third-order valence-electron chi connectivity index (χ3n) is 5.35. The molecule has 0 radical (unpaired) electrons. The third-order valence-corrected chi connectivity index (χ3v) is 5.35. The maximum Gasteiger partial charge on any atom is 0.193 e. The molecule has 5 aromatic rings. The van der Waals surface area contributed by atoms with E-state index in [1.807, 2.05) is 30.3 Å². The number of rotatable bonds is 5. The summed E-state index contributed by atoms with van der Waals surface area (Å²) in [6.07, 6.45) is 1.74. The zero-order chi connectivity index (χ0) is 22.8. The summed E-state index contributed by atoms with van der Waals surface area (Å²) in [7, 11) is 0. The standard InChI is InChI=1S/C27H17F2N3O/c28-21-11-9-18(10-12-21)24-3-1-2-4-25(24)27(33)20-7-5-19(6-8-20)26-17-32(31-30-26)23-15-13-22(29)14-16-23/h1-17H. The van der Waals surface area contributed by atoms with Gasteiger partial charge >= 0.3 is 0 Å². The summed E-state index contributed by atoms with van der Waals surface area (Å²) in [5.41, 5.74) is 4.71. The lowest BCUT2D eigenvalue weighted by Gasteiger charge is -2.09. The Kier molecular flexibility index (Phi) is 5.32. The van der Waals surface area contributed by atoms with E-state index in [0.717, 1.165) is 16.7 Å². The minimum absolute atomic E-state index is 0.128. The van der Waals surface area contributed by atoms with Crippen LogP contribution in [0.3, 0.4) is 0 Å². The van der Waals surface area contributed by atoms with Crippen molar-refractivity contribution in [2.24, 2.45) is 0 Å². The van der Waals surface area contributed by atoms with Gasteiger partial charge < -0.3 is 0 Å². The van der Waals surface area contributed by atoms with Crippen LogP contribution < -0.4 is 0 Å². The van der Waals surface area contributed by atoms with E-state index in [2.05, 4.69) is 10.3 Å². The van der Waals surface area contributed by atoms with E-state index < -0.39 is 0 Å².